The number of anilines is 1. The molecule has 1 saturated heterocycles. The Morgan fingerprint density at radius 2 is 2.37 bits per heavy atom. The van der Waals surface area contributed by atoms with Gasteiger partial charge in [-0.25, -0.2) is 9.78 Å². The van der Waals surface area contributed by atoms with Gasteiger partial charge in [-0.2, -0.15) is 0 Å². The lowest BCUT2D eigenvalue weighted by Gasteiger charge is -2.31. The molecule has 19 heavy (non-hydrogen) atoms. The maximum atomic E-state index is 11.6. The van der Waals surface area contributed by atoms with E-state index in [0.29, 0.717) is 24.8 Å². The van der Waals surface area contributed by atoms with Gasteiger partial charge in [0.25, 0.3) is 5.56 Å². The first-order chi connectivity index (χ1) is 8.97. The number of carbonyl (C=O) groups is 1. The van der Waals surface area contributed by atoms with E-state index in [-0.39, 0.29) is 18.0 Å². The third-order valence-corrected chi connectivity index (χ3v) is 2.96. The number of morpholine rings is 1. The second-order valence-corrected chi connectivity index (χ2v) is 4.79. The number of carboxylic acids is 1. The third-order valence-electron chi connectivity index (χ3n) is 2.96. The van der Waals surface area contributed by atoms with Crippen molar-refractivity contribution in [3.63, 3.8) is 0 Å². The molecular weight excluding hydrogens is 250 g/mol. The number of aliphatic carboxylic acids is 1. The monoisotopic (exact) mass is 267 g/mol. The summed E-state index contributed by atoms with van der Waals surface area (Å²) in [7, 11) is 0. The smallest absolute Gasteiger partial charge is 0.334 e. The molecule has 2 rings (SSSR count). The van der Waals surface area contributed by atoms with E-state index in [1.165, 1.54) is 6.07 Å². The summed E-state index contributed by atoms with van der Waals surface area (Å²) < 4.78 is 5.14. The molecule has 1 aromatic heterocycles. The van der Waals surface area contributed by atoms with E-state index in [0.717, 1.165) is 0 Å². The third kappa shape index (κ3) is 3.11. The van der Waals surface area contributed by atoms with Crippen LogP contribution in [0.15, 0.2) is 10.9 Å². The number of hydrogen-bond acceptors (Lipinski definition) is 5. The number of ether oxygens (including phenoxy) is 1. The molecule has 1 aliphatic rings. The molecular formula is C12H17N3O4. The lowest BCUT2D eigenvalue weighted by atomic mass is 10.2. The molecule has 2 N–H and O–H groups in total. The van der Waals surface area contributed by atoms with Gasteiger partial charge >= 0.3 is 5.97 Å². The predicted octanol–water partition coefficient (Wildman–Crippen LogP) is 0.183. The quantitative estimate of drug-likeness (QED) is 0.811. The molecule has 7 heteroatoms. The fourth-order valence-electron chi connectivity index (χ4n) is 1.91. The van der Waals surface area contributed by atoms with E-state index in [1.54, 1.807) is 4.90 Å². The number of nitrogens with zero attached hydrogens (tertiary/aromatic N) is 2. The van der Waals surface area contributed by atoms with Gasteiger partial charge in [-0.05, 0) is 0 Å². The zero-order chi connectivity index (χ0) is 14.0. The molecule has 0 saturated carbocycles. The standard InChI is InChI=1S/C12H17N3O4/c1-7(2)11-13-9(5-10(16)14-11)15-3-4-19-8(6-15)12(17)18/h5,7-8H,3-4,6H2,1-2H3,(H,17,18)(H,13,14,16). The zero-order valence-corrected chi connectivity index (χ0v) is 10.9. The summed E-state index contributed by atoms with van der Waals surface area (Å²) in [6.07, 6.45) is -0.877. The topological polar surface area (TPSA) is 95.5 Å². The molecule has 1 unspecified atom stereocenters. The highest BCUT2D eigenvalue weighted by Crippen LogP contribution is 2.16. The zero-order valence-electron chi connectivity index (χ0n) is 10.9. The van der Waals surface area contributed by atoms with Crippen molar-refractivity contribution in [1.29, 1.82) is 0 Å². The van der Waals surface area contributed by atoms with Crippen molar-refractivity contribution in [2.24, 2.45) is 0 Å². The van der Waals surface area contributed by atoms with Crippen LogP contribution < -0.4 is 10.5 Å². The van der Waals surface area contributed by atoms with Gasteiger partial charge < -0.3 is 19.7 Å². The number of rotatable bonds is 3. The summed E-state index contributed by atoms with van der Waals surface area (Å²) in [5, 5.41) is 8.96. The minimum absolute atomic E-state index is 0.101. The van der Waals surface area contributed by atoms with Crippen molar-refractivity contribution < 1.29 is 14.6 Å². The van der Waals surface area contributed by atoms with Crippen LogP contribution in [-0.4, -0.2) is 46.8 Å². The molecule has 0 aromatic carbocycles. The Balaban J connectivity index is 2.26. The molecule has 0 spiro atoms. The van der Waals surface area contributed by atoms with Crippen molar-refractivity contribution in [1.82, 2.24) is 9.97 Å². The predicted molar refractivity (Wildman–Crippen MR) is 68.5 cm³/mol. The van der Waals surface area contributed by atoms with Gasteiger partial charge in [0, 0.05) is 18.5 Å². The fourth-order valence-corrected chi connectivity index (χ4v) is 1.91. The van der Waals surface area contributed by atoms with Crippen LogP contribution >= 0.6 is 0 Å². The van der Waals surface area contributed by atoms with E-state index in [2.05, 4.69) is 9.97 Å². The molecule has 0 bridgehead atoms. The van der Waals surface area contributed by atoms with Gasteiger partial charge in [-0.15, -0.1) is 0 Å². The van der Waals surface area contributed by atoms with Crippen LogP contribution in [0.4, 0.5) is 5.82 Å². The number of aromatic amines is 1. The van der Waals surface area contributed by atoms with E-state index in [9.17, 15) is 9.59 Å². The maximum absolute atomic E-state index is 11.6. The highest BCUT2D eigenvalue weighted by atomic mass is 16.5. The van der Waals surface area contributed by atoms with Gasteiger partial charge in [0.2, 0.25) is 0 Å². The average Bonchev–Trinajstić information content (AvgIpc) is 2.38. The Kier molecular flexibility index (Phi) is 3.84. The Hall–Kier alpha value is -1.89. The van der Waals surface area contributed by atoms with E-state index in [1.807, 2.05) is 13.8 Å². The SMILES string of the molecule is CC(C)c1nc(N2CCOC(C(=O)O)C2)cc(=O)[nH]1. The average molecular weight is 267 g/mol. The fraction of sp³-hybridized carbons (Fsp3) is 0.583. The summed E-state index contributed by atoms with van der Waals surface area (Å²) in [5.41, 5.74) is -0.230. The second-order valence-electron chi connectivity index (χ2n) is 4.79. The van der Waals surface area contributed by atoms with E-state index < -0.39 is 12.1 Å². The molecule has 0 aliphatic carbocycles. The normalized spacial score (nSPS) is 19.7. The number of aromatic nitrogens is 2. The number of carboxylic acid groups (broad SMARTS) is 1. The van der Waals surface area contributed by atoms with Crippen LogP contribution in [0.25, 0.3) is 0 Å². The molecule has 104 valence electrons. The van der Waals surface area contributed by atoms with Crippen molar-refractivity contribution in [2.75, 3.05) is 24.6 Å². The Bertz CT molecular complexity index is 526. The van der Waals surface area contributed by atoms with E-state index in [4.69, 9.17) is 9.84 Å². The van der Waals surface area contributed by atoms with Crippen molar-refractivity contribution in [2.45, 2.75) is 25.9 Å². The lowest BCUT2D eigenvalue weighted by Crippen LogP contribution is -2.46. The molecule has 1 atom stereocenters. The van der Waals surface area contributed by atoms with Gasteiger partial charge in [0.15, 0.2) is 6.10 Å². The van der Waals surface area contributed by atoms with Gasteiger partial charge in [0.05, 0.1) is 13.2 Å². The Morgan fingerprint density at radius 1 is 1.63 bits per heavy atom. The summed E-state index contributed by atoms with van der Waals surface area (Å²) in [6, 6.07) is 1.39. The van der Waals surface area contributed by atoms with Crippen molar-refractivity contribution in [3.05, 3.63) is 22.2 Å². The van der Waals surface area contributed by atoms with Crippen LogP contribution in [0.1, 0.15) is 25.6 Å². The molecule has 1 fully saturated rings. The van der Waals surface area contributed by atoms with Crippen LogP contribution in [-0.2, 0) is 9.53 Å². The molecule has 0 amide bonds. The second kappa shape index (κ2) is 5.40. The summed E-state index contributed by atoms with van der Waals surface area (Å²) in [6.45, 7) is 4.90. The minimum Gasteiger partial charge on any atom is -0.479 e. The largest absolute Gasteiger partial charge is 0.479 e. The Morgan fingerprint density at radius 3 is 3.00 bits per heavy atom. The first-order valence-electron chi connectivity index (χ1n) is 6.18. The highest BCUT2D eigenvalue weighted by molar-refractivity contribution is 5.73. The summed E-state index contributed by atoms with van der Waals surface area (Å²) in [5.74, 6) is 0.199. The minimum atomic E-state index is -1.00. The molecule has 0 radical (unpaired) electrons. The van der Waals surface area contributed by atoms with E-state index >= 15 is 0 Å². The van der Waals surface area contributed by atoms with Gasteiger partial charge in [-0.3, -0.25) is 4.79 Å². The van der Waals surface area contributed by atoms with Gasteiger partial charge in [0.1, 0.15) is 11.6 Å². The summed E-state index contributed by atoms with van der Waals surface area (Å²) in [4.78, 5) is 31.4. The van der Waals surface area contributed by atoms with Crippen LogP contribution in [0.2, 0.25) is 0 Å². The van der Waals surface area contributed by atoms with Crippen LogP contribution in [0.3, 0.4) is 0 Å². The lowest BCUT2D eigenvalue weighted by molar-refractivity contribution is -0.150. The number of nitrogens with one attached hydrogen (secondary N) is 1. The first kappa shape index (κ1) is 13.5. The first-order valence-corrected chi connectivity index (χ1v) is 6.18. The molecule has 1 aromatic rings. The maximum Gasteiger partial charge on any atom is 0.334 e. The molecule has 7 nitrogen and oxygen atoms in total. The molecule has 2 heterocycles. The number of H-pyrrole nitrogens is 1. The summed E-state index contributed by atoms with van der Waals surface area (Å²) >= 11 is 0. The van der Waals surface area contributed by atoms with Crippen LogP contribution in [0, 0.1) is 0 Å². The Labute approximate surface area is 110 Å². The highest BCUT2D eigenvalue weighted by Gasteiger charge is 2.27. The molecule has 1 aliphatic heterocycles. The van der Waals surface area contributed by atoms with Crippen molar-refractivity contribution >= 4 is 11.8 Å². The van der Waals surface area contributed by atoms with Gasteiger partial charge in [-0.1, -0.05) is 13.8 Å². The number of hydrogen-bond donors (Lipinski definition) is 2. The van der Waals surface area contributed by atoms with Crippen LogP contribution in [0.5, 0.6) is 0 Å². The van der Waals surface area contributed by atoms with Crippen molar-refractivity contribution in [3.8, 4) is 0 Å².